The van der Waals surface area contributed by atoms with Crippen LogP contribution in [-0.4, -0.2) is 28.4 Å². The zero-order chi connectivity index (χ0) is 17.2. The fourth-order valence-electron chi connectivity index (χ4n) is 1.98. The molecule has 7 nitrogen and oxygen atoms in total. The van der Waals surface area contributed by atoms with Crippen molar-refractivity contribution in [2.45, 2.75) is 11.4 Å². The molecule has 0 aliphatic carbocycles. The second-order valence-corrected chi connectivity index (χ2v) is 6.44. The van der Waals surface area contributed by atoms with Crippen molar-refractivity contribution in [3.05, 3.63) is 66.3 Å². The lowest BCUT2D eigenvalue weighted by molar-refractivity contribution is 0.513. The van der Waals surface area contributed by atoms with Crippen LogP contribution in [0.15, 0.2) is 53.8 Å². The van der Waals surface area contributed by atoms with Gasteiger partial charge in [-0.3, -0.25) is 4.98 Å². The highest BCUT2D eigenvalue weighted by Crippen LogP contribution is 2.18. The number of nitrogens with one attached hydrogen (secondary N) is 1. The van der Waals surface area contributed by atoms with Crippen LogP contribution in [0.4, 0.5) is 8.78 Å². The standard InChI is InChI=1S/C14H11F2N5O2S/c15-12-4-1-5-13(16)14(12)24(22,23)18-7-10-9-21(20-19-10)11-3-2-6-17-8-11/h1-6,8-9,18H,7H2. The molecule has 0 aliphatic rings. The van der Waals surface area contributed by atoms with E-state index in [-0.39, 0.29) is 12.2 Å². The molecule has 10 heteroatoms. The highest BCUT2D eigenvalue weighted by Gasteiger charge is 2.23. The third-order valence-corrected chi connectivity index (χ3v) is 4.53. The summed E-state index contributed by atoms with van der Waals surface area (Å²) in [5, 5.41) is 7.64. The molecule has 0 fully saturated rings. The zero-order valence-electron chi connectivity index (χ0n) is 12.1. The molecular formula is C14H11F2N5O2S. The first-order valence-electron chi connectivity index (χ1n) is 6.73. The number of rotatable bonds is 5. The molecule has 0 amide bonds. The van der Waals surface area contributed by atoms with E-state index in [0.717, 1.165) is 18.2 Å². The average molecular weight is 351 g/mol. The zero-order valence-corrected chi connectivity index (χ0v) is 12.9. The van der Waals surface area contributed by atoms with Crippen LogP contribution in [0.25, 0.3) is 5.69 Å². The number of hydrogen-bond donors (Lipinski definition) is 1. The van der Waals surface area contributed by atoms with Gasteiger partial charge in [0.2, 0.25) is 10.0 Å². The lowest BCUT2D eigenvalue weighted by Crippen LogP contribution is -2.25. The van der Waals surface area contributed by atoms with Crippen molar-refractivity contribution >= 4 is 10.0 Å². The van der Waals surface area contributed by atoms with Crippen LogP contribution in [0, 0.1) is 11.6 Å². The number of halogens is 2. The molecule has 3 rings (SSSR count). The quantitative estimate of drug-likeness (QED) is 0.751. The molecule has 0 spiro atoms. The Morgan fingerprint density at radius 3 is 2.54 bits per heavy atom. The first-order valence-corrected chi connectivity index (χ1v) is 8.21. The Morgan fingerprint density at radius 2 is 1.88 bits per heavy atom. The van der Waals surface area contributed by atoms with Crippen LogP contribution in [0.3, 0.4) is 0 Å². The second kappa shape index (κ2) is 6.42. The highest BCUT2D eigenvalue weighted by molar-refractivity contribution is 7.89. The molecule has 0 unspecified atom stereocenters. The third kappa shape index (κ3) is 3.29. The number of pyridine rings is 1. The second-order valence-electron chi connectivity index (χ2n) is 4.74. The fraction of sp³-hybridized carbons (Fsp3) is 0.0714. The van der Waals surface area contributed by atoms with Crippen molar-refractivity contribution in [3.8, 4) is 5.69 Å². The summed E-state index contributed by atoms with van der Waals surface area (Å²) in [6.45, 7) is -0.267. The van der Waals surface area contributed by atoms with Gasteiger partial charge in [0.25, 0.3) is 0 Å². The largest absolute Gasteiger partial charge is 0.262 e. The molecule has 1 aromatic carbocycles. The van der Waals surface area contributed by atoms with Crippen LogP contribution in [-0.2, 0) is 16.6 Å². The first-order chi connectivity index (χ1) is 11.5. The predicted octanol–water partition coefficient (Wildman–Crippen LogP) is 1.42. The van der Waals surface area contributed by atoms with Crippen LogP contribution in [0.1, 0.15) is 5.69 Å². The van der Waals surface area contributed by atoms with E-state index in [9.17, 15) is 17.2 Å². The Morgan fingerprint density at radius 1 is 1.12 bits per heavy atom. The van der Waals surface area contributed by atoms with Crippen molar-refractivity contribution < 1.29 is 17.2 Å². The molecule has 0 aliphatic heterocycles. The fourth-order valence-corrected chi connectivity index (χ4v) is 3.11. The normalized spacial score (nSPS) is 11.6. The molecule has 124 valence electrons. The Labute approximate surface area is 136 Å². The Kier molecular flexibility index (Phi) is 4.32. The maximum Gasteiger partial charge on any atom is 0.246 e. The van der Waals surface area contributed by atoms with Crippen molar-refractivity contribution in [2.75, 3.05) is 0 Å². The highest BCUT2D eigenvalue weighted by atomic mass is 32.2. The number of hydrogen-bond acceptors (Lipinski definition) is 5. The van der Waals surface area contributed by atoms with Gasteiger partial charge in [-0.1, -0.05) is 11.3 Å². The molecular weight excluding hydrogens is 340 g/mol. The molecule has 0 atom stereocenters. The summed E-state index contributed by atoms with van der Waals surface area (Å²) < 4.78 is 54.8. The summed E-state index contributed by atoms with van der Waals surface area (Å²) in [7, 11) is -4.36. The third-order valence-electron chi connectivity index (χ3n) is 3.08. The summed E-state index contributed by atoms with van der Waals surface area (Å²) in [5.74, 6) is -2.33. The smallest absolute Gasteiger partial charge is 0.246 e. The van der Waals surface area contributed by atoms with Gasteiger partial charge in [0.15, 0.2) is 4.90 Å². The van der Waals surface area contributed by atoms with Crippen molar-refractivity contribution in [1.82, 2.24) is 24.7 Å². The van der Waals surface area contributed by atoms with E-state index in [2.05, 4.69) is 20.0 Å². The molecule has 0 saturated carbocycles. The number of nitrogens with zero attached hydrogens (tertiary/aromatic N) is 4. The lowest BCUT2D eigenvalue weighted by Gasteiger charge is -2.07. The van der Waals surface area contributed by atoms with E-state index in [4.69, 9.17) is 0 Å². The maximum absolute atomic E-state index is 13.6. The average Bonchev–Trinajstić information content (AvgIpc) is 3.03. The van der Waals surface area contributed by atoms with E-state index in [1.54, 1.807) is 24.5 Å². The van der Waals surface area contributed by atoms with Gasteiger partial charge in [0, 0.05) is 6.20 Å². The van der Waals surface area contributed by atoms with Crippen LogP contribution in [0.5, 0.6) is 0 Å². The lowest BCUT2D eigenvalue weighted by atomic mass is 10.3. The predicted molar refractivity (Wildman–Crippen MR) is 79.5 cm³/mol. The SMILES string of the molecule is O=S(=O)(NCc1cn(-c2cccnc2)nn1)c1c(F)cccc1F. The minimum absolute atomic E-state index is 0.267. The van der Waals surface area contributed by atoms with Crippen LogP contribution >= 0.6 is 0 Å². The molecule has 0 saturated heterocycles. The van der Waals surface area contributed by atoms with Gasteiger partial charge in [-0.25, -0.2) is 26.6 Å². The van der Waals surface area contributed by atoms with Crippen LogP contribution < -0.4 is 4.72 Å². The summed E-state index contributed by atoms with van der Waals surface area (Å²) in [6.07, 6.45) is 4.63. The molecule has 2 aromatic heterocycles. The maximum atomic E-state index is 13.6. The molecule has 24 heavy (non-hydrogen) atoms. The van der Waals surface area contributed by atoms with Gasteiger partial charge >= 0.3 is 0 Å². The monoisotopic (exact) mass is 351 g/mol. The van der Waals surface area contributed by atoms with Gasteiger partial charge in [-0.05, 0) is 24.3 Å². The molecule has 1 N–H and O–H groups in total. The summed E-state index contributed by atoms with van der Waals surface area (Å²) in [5.41, 5.74) is 0.915. The van der Waals surface area contributed by atoms with Gasteiger partial charge in [-0.2, -0.15) is 0 Å². The Bertz CT molecular complexity index is 940. The first kappa shape index (κ1) is 16.1. The number of benzene rings is 1. The molecule has 2 heterocycles. The molecule has 3 aromatic rings. The van der Waals surface area contributed by atoms with E-state index >= 15 is 0 Å². The van der Waals surface area contributed by atoms with Gasteiger partial charge in [0.1, 0.15) is 11.6 Å². The van der Waals surface area contributed by atoms with Crippen LogP contribution in [0.2, 0.25) is 0 Å². The summed E-state index contributed by atoms with van der Waals surface area (Å²) in [4.78, 5) is 2.91. The number of aromatic nitrogens is 4. The van der Waals surface area contributed by atoms with Gasteiger partial charge in [0.05, 0.1) is 30.3 Å². The van der Waals surface area contributed by atoms with Crippen molar-refractivity contribution in [2.24, 2.45) is 0 Å². The minimum Gasteiger partial charge on any atom is -0.262 e. The summed E-state index contributed by atoms with van der Waals surface area (Å²) >= 11 is 0. The summed E-state index contributed by atoms with van der Waals surface area (Å²) in [6, 6.07) is 6.28. The van der Waals surface area contributed by atoms with Crippen molar-refractivity contribution in [3.63, 3.8) is 0 Å². The topological polar surface area (TPSA) is 89.8 Å². The molecule has 0 bridgehead atoms. The van der Waals surface area contributed by atoms with E-state index < -0.39 is 26.6 Å². The Hall–Kier alpha value is -2.72. The Balaban J connectivity index is 1.78. The van der Waals surface area contributed by atoms with E-state index in [1.165, 1.54) is 10.9 Å². The number of sulfonamides is 1. The van der Waals surface area contributed by atoms with E-state index in [1.807, 2.05) is 0 Å². The van der Waals surface area contributed by atoms with Gasteiger partial charge in [-0.15, -0.1) is 5.10 Å². The van der Waals surface area contributed by atoms with E-state index in [0.29, 0.717) is 5.69 Å². The minimum atomic E-state index is -4.36. The van der Waals surface area contributed by atoms with Crippen molar-refractivity contribution in [1.29, 1.82) is 0 Å². The van der Waals surface area contributed by atoms with Gasteiger partial charge < -0.3 is 0 Å². The molecule has 0 radical (unpaired) electrons.